The molecule has 0 radical (unpaired) electrons. The van der Waals surface area contributed by atoms with Gasteiger partial charge >= 0.3 is 0 Å². The first kappa shape index (κ1) is 19.0. The van der Waals surface area contributed by atoms with Crippen LogP contribution in [0.25, 0.3) is 0 Å². The highest BCUT2D eigenvalue weighted by Gasteiger charge is 2.48. The standard InChI is InChI=1S/C10H6Cl6O5S/c11-9(12,13)7-5-3-4(22(17,18)19)1-2-6(5)20-8(21-7)10(14,15)16/h1-3,7-8H,(H,17,18,19)/t7-,8-/m1/s1. The third-order valence-corrected chi connectivity index (χ3v) is 4.60. The summed E-state index contributed by atoms with van der Waals surface area (Å²) in [5, 5.41) is 0. The number of rotatable bonds is 1. The molecule has 124 valence electrons. The fourth-order valence-electron chi connectivity index (χ4n) is 1.74. The second kappa shape index (κ2) is 6.17. The second-order valence-electron chi connectivity index (χ2n) is 4.22. The third-order valence-electron chi connectivity index (χ3n) is 2.62. The van der Waals surface area contributed by atoms with Crippen molar-refractivity contribution in [2.75, 3.05) is 0 Å². The first-order chi connectivity index (χ1) is 9.80. The molecule has 2 rings (SSSR count). The van der Waals surface area contributed by atoms with Gasteiger partial charge in [-0.2, -0.15) is 8.42 Å². The number of benzene rings is 1. The first-order valence-electron chi connectivity index (χ1n) is 5.37. The molecule has 0 fully saturated rings. The van der Waals surface area contributed by atoms with Crippen LogP contribution in [0.1, 0.15) is 11.7 Å². The maximum atomic E-state index is 11.2. The van der Waals surface area contributed by atoms with Crippen LogP contribution in [0.2, 0.25) is 0 Å². The molecule has 0 saturated carbocycles. The summed E-state index contributed by atoms with van der Waals surface area (Å²) >= 11 is 34.6. The Kier molecular flexibility index (Phi) is 5.32. The second-order valence-corrected chi connectivity index (χ2v) is 10.4. The minimum Gasteiger partial charge on any atom is -0.460 e. The van der Waals surface area contributed by atoms with Crippen molar-refractivity contribution in [2.24, 2.45) is 0 Å². The van der Waals surface area contributed by atoms with Crippen molar-refractivity contribution in [3.05, 3.63) is 23.8 Å². The summed E-state index contributed by atoms with van der Waals surface area (Å²) in [6.45, 7) is 0. The molecular weight excluding hydrogens is 445 g/mol. The van der Waals surface area contributed by atoms with Crippen molar-refractivity contribution in [3.63, 3.8) is 0 Å². The summed E-state index contributed by atoms with van der Waals surface area (Å²) in [5.74, 6) is 0.0892. The molecule has 2 atom stereocenters. The lowest BCUT2D eigenvalue weighted by Crippen LogP contribution is -2.42. The van der Waals surface area contributed by atoms with E-state index in [9.17, 15) is 8.42 Å². The van der Waals surface area contributed by atoms with E-state index in [0.717, 1.165) is 12.1 Å². The van der Waals surface area contributed by atoms with E-state index in [-0.39, 0.29) is 11.3 Å². The number of halogens is 6. The zero-order chi connectivity index (χ0) is 16.9. The zero-order valence-corrected chi connectivity index (χ0v) is 15.5. The number of hydrogen-bond acceptors (Lipinski definition) is 4. The Balaban J connectivity index is 2.57. The first-order valence-corrected chi connectivity index (χ1v) is 9.08. The number of fused-ring (bicyclic) bond motifs is 1. The van der Waals surface area contributed by atoms with Crippen LogP contribution in [0.5, 0.6) is 5.75 Å². The molecule has 1 aliphatic heterocycles. The molecule has 22 heavy (non-hydrogen) atoms. The highest BCUT2D eigenvalue weighted by molar-refractivity contribution is 7.85. The van der Waals surface area contributed by atoms with Gasteiger partial charge < -0.3 is 9.47 Å². The predicted octanol–water partition coefficient (Wildman–Crippen LogP) is 4.45. The number of ether oxygens (including phenoxy) is 2. The molecule has 1 aromatic carbocycles. The van der Waals surface area contributed by atoms with Gasteiger partial charge in [-0.25, -0.2) is 0 Å². The molecule has 0 bridgehead atoms. The van der Waals surface area contributed by atoms with Crippen LogP contribution in [0.3, 0.4) is 0 Å². The Morgan fingerprint density at radius 1 is 1.05 bits per heavy atom. The molecule has 1 aliphatic rings. The van der Waals surface area contributed by atoms with Crippen LogP contribution in [0.4, 0.5) is 0 Å². The average molecular weight is 451 g/mol. The van der Waals surface area contributed by atoms with Crippen LogP contribution in [-0.4, -0.2) is 26.8 Å². The summed E-state index contributed by atoms with van der Waals surface area (Å²) in [7, 11) is -4.47. The maximum Gasteiger partial charge on any atom is 0.294 e. The normalized spacial score (nSPS) is 22.9. The van der Waals surface area contributed by atoms with E-state index in [1.807, 2.05) is 0 Å². The number of hydrogen-bond donors (Lipinski definition) is 1. The molecule has 0 aliphatic carbocycles. The van der Waals surface area contributed by atoms with E-state index in [1.54, 1.807) is 0 Å². The molecular formula is C10H6Cl6O5S. The monoisotopic (exact) mass is 448 g/mol. The molecule has 1 N–H and O–H groups in total. The largest absolute Gasteiger partial charge is 0.460 e. The van der Waals surface area contributed by atoms with Crippen molar-refractivity contribution in [1.82, 2.24) is 0 Å². The van der Waals surface area contributed by atoms with Crippen molar-refractivity contribution < 1.29 is 22.4 Å². The van der Waals surface area contributed by atoms with Gasteiger partial charge in [0.2, 0.25) is 10.1 Å². The van der Waals surface area contributed by atoms with Crippen LogP contribution in [0.15, 0.2) is 23.1 Å². The van der Waals surface area contributed by atoms with Gasteiger partial charge in [0.15, 0.2) is 0 Å². The zero-order valence-electron chi connectivity index (χ0n) is 10.1. The van der Waals surface area contributed by atoms with Crippen molar-refractivity contribution >= 4 is 79.7 Å². The van der Waals surface area contributed by atoms with Crippen LogP contribution in [-0.2, 0) is 14.9 Å². The maximum absolute atomic E-state index is 11.2. The Labute approximate surface area is 156 Å². The molecule has 12 heteroatoms. The molecule has 5 nitrogen and oxygen atoms in total. The lowest BCUT2D eigenvalue weighted by molar-refractivity contribution is -0.136. The molecule has 0 spiro atoms. The SMILES string of the molecule is O=S(=O)(O)c1ccc2c(c1)[C@H](C(Cl)(Cl)Cl)O[C@H](C(Cl)(Cl)Cl)O2. The highest BCUT2D eigenvalue weighted by Crippen LogP contribution is 2.51. The van der Waals surface area contributed by atoms with Crippen LogP contribution >= 0.6 is 69.6 Å². The fourth-order valence-corrected chi connectivity index (χ4v) is 3.05. The Hall–Kier alpha value is 0.630. The fraction of sp³-hybridized carbons (Fsp3) is 0.400. The summed E-state index contributed by atoms with van der Waals surface area (Å²) in [6, 6.07) is 3.37. The van der Waals surface area contributed by atoms with Gasteiger partial charge in [-0.05, 0) is 18.2 Å². The van der Waals surface area contributed by atoms with Crippen molar-refractivity contribution in [1.29, 1.82) is 0 Å². The molecule has 1 aromatic rings. The van der Waals surface area contributed by atoms with Crippen LogP contribution in [0, 0.1) is 0 Å². The minimum absolute atomic E-state index is 0.0700. The van der Waals surface area contributed by atoms with Gasteiger partial charge in [0.1, 0.15) is 11.9 Å². The Morgan fingerprint density at radius 2 is 1.64 bits per heavy atom. The highest BCUT2D eigenvalue weighted by atomic mass is 35.6. The van der Waals surface area contributed by atoms with E-state index in [1.165, 1.54) is 6.07 Å². The van der Waals surface area contributed by atoms with Gasteiger partial charge in [0.25, 0.3) is 13.9 Å². The molecule has 0 aromatic heterocycles. The summed E-state index contributed by atoms with van der Waals surface area (Å²) in [5.41, 5.74) is 0.0700. The van der Waals surface area contributed by atoms with Gasteiger partial charge in [-0.3, -0.25) is 4.55 Å². The van der Waals surface area contributed by atoms with E-state index >= 15 is 0 Å². The Morgan fingerprint density at radius 3 is 2.09 bits per heavy atom. The number of alkyl halides is 6. The third kappa shape index (κ3) is 4.18. The molecule has 1 heterocycles. The van der Waals surface area contributed by atoms with Gasteiger partial charge in [0, 0.05) is 5.56 Å². The molecule has 0 saturated heterocycles. The van der Waals surface area contributed by atoms with Gasteiger partial charge in [-0.15, -0.1) is 0 Å². The molecule has 0 unspecified atom stereocenters. The van der Waals surface area contributed by atoms with Gasteiger partial charge in [0.05, 0.1) is 4.90 Å². The quantitative estimate of drug-likeness (QED) is 0.505. The lowest BCUT2D eigenvalue weighted by Gasteiger charge is -2.38. The summed E-state index contributed by atoms with van der Waals surface area (Å²) in [4.78, 5) is -0.426. The lowest BCUT2D eigenvalue weighted by atomic mass is 10.1. The van der Waals surface area contributed by atoms with Crippen molar-refractivity contribution in [2.45, 2.75) is 24.9 Å². The Bertz CT molecular complexity index is 680. The van der Waals surface area contributed by atoms with E-state index in [2.05, 4.69) is 0 Å². The van der Waals surface area contributed by atoms with Gasteiger partial charge in [-0.1, -0.05) is 69.6 Å². The topological polar surface area (TPSA) is 72.8 Å². The van der Waals surface area contributed by atoms with Crippen LogP contribution < -0.4 is 4.74 Å². The average Bonchev–Trinajstić information content (AvgIpc) is 2.33. The van der Waals surface area contributed by atoms with Crippen molar-refractivity contribution in [3.8, 4) is 5.75 Å². The van der Waals surface area contributed by atoms with E-state index < -0.39 is 35.0 Å². The predicted molar refractivity (Wildman–Crippen MR) is 85.1 cm³/mol. The summed E-state index contributed by atoms with van der Waals surface area (Å²) in [6.07, 6.45) is -2.68. The smallest absolute Gasteiger partial charge is 0.294 e. The van der Waals surface area contributed by atoms with E-state index in [0.29, 0.717) is 0 Å². The summed E-state index contributed by atoms with van der Waals surface area (Å²) < 4.78 is 38.2. The minimum atomic E-state index is -4.47. The molecule has 0 amide bonds. The van der Waals surface area contributed by atoms with E-state index in [4.69, 9.17) is 83.6 Å².